The number of likely N-dealkylation sites (tertiary alicyclic amines) is 1. The molecule has 1 aromatic heterocycles. The van der Waals surface area contributed by atoms with Crippen molar-refractivity contribution in [2.75, 3.05) is 19.7 Å². The molecule has 1 atom stereocenters. The van der Waals surface area contributed by atoms with E-state index in [1.807, 2.05) is 6.07 Å². The van der Waals surface area contributed by atoms with Crippen molar-refractivity contribution in [1.29, 1.82) is 0 Å². The average Bonchev–Trinajstić information content (AvgIpc) is 2.80. The summed E-state index contributed by atoms with van der Waals surface area (Å²) in [6.07, 6.45) is 2.21. The van der Waals surface area contributed by atoms with Crippen molar-refractivity contribution in [3.8, 4) is 0 Å². The maximum absolute atomic E-state index is 13.1. The van der Waals surface area contributed by atoms with Gasteiger partial charge in [-0.1, -0.05) is 0 Å². The number of rotatable bonds is 3. The molecule has 3 nitrogen and oxygen atoms in total. The van der Waals surface area contributed by atoms with Gasteiger partial charge in [-0.25, -0.2) is 4.39 Å². The van der Waals surface area contributed by atoms with Crippen LogP contribution in [0.2, 0.25) is 0 Å². The molecule has 19 heavy (non-hydrogen) atoms. The number of hydrogen-bond donors (Lipinski definition) is 1. The van der Waals surface area contributed by atoms with Crippen LogP contribution in [0.4, 0.5) is 4.39 Å². The Labute approximate surface area is 111 Å². The highest BCUT2D eigenvalue weighted by molar-refractivity contribution is 5.77. The number of benzene rings is 1. The smallest absolute Gasteiger partial charge is 0.134 e. The number of piperidine rings is 1. The van der Waals surface area contributed by atoms with Crippen LogP contribution in [0.25, 0.3) is 11.0 Å². The molecule has 0 radical (unpaired) electrons. The van der Waals surface area contributed by atoms with Crippen LogP contribution >= 0.6 is 0 Å². The molecule has 2 aromatic rings. The minimum atomic E-state index is -0.238. The van der Waals surface area contributed by atoms with Gasteiger partial charge < -0.3 is 9.52 Å². The summed E-state index contributed by atoms with van der Waals surface area (Å²) in [4.78, 5) is 2.29. The van der Waals surface area contributed by atoms with Gasteiger partial charge in [0.2, 0.25) is 0 Å². The van der Waals surface area contributed by atoms with Crippen LogP contribution in [0.5, 0.6) is 0 Å². The van der Waals surface area contributed by atoms with Gasteiger partial charge >= 0.3 is 0 Å². The van der Waals surface area contributed by atoms with Crippen LogP contribution in [-0.4, -0.2) is 29.7 Å². The Balaban J connectivity index is 1.74. The van der Waals surface area contributed by atoms with Crippen LogP contribution in [0.15, 0.2) is 28.7 Å². The van der Waals surface area contributed by atoms with Gasteiger partial charge in [0.25, 0.3) is 0 Å². The number of aliphatic hydroxyl groups is 1. The van der Waals surface area contributed by atoms with Crippen molar-refractivity contribution in [2.24, 2.45) is 5.92 Å². The molecule has 1 aromatic carbocycles. The zero-order valence-electron chi connectivity index (χ0n) is 10.8. The molecule has 1 saturated heterocycles. The van der Waals surface area contributed by atoms with E-state index >= 15 is 0 Å². The summed E-state index contributed by atoms with van der Waals surface area (Å²) in [5.41, 5.74) is 0.729. The minimum Gasteiger partial charge on any atom is -0.460 e. The van der Waals surface area contributed by atoms with Crippen molar-refractivity contribution < 1.29 is 13.9 Å². The van der Waals surface area contributed by atoms with Gasteiger partial charge in [0.05, 0.1) is 6.54 Å². The molecule has 0 aliphatic carbocycles. The second-order valence-corrected chi connectivity index (χ2v) is 5.32. The maximum Gasteiger partial charge on any atom is 0.134 e. The van der Waals surface area contributed by atoms with Crippen molar-refractivity contribution in [2.45, 2.75) is 19.4 Å². The van der Waals surface area contributed by atoms with Gasteiger partial charge in [0, 0.05) is 18.5 Å². The lowest BCUT2D eigenvalue weighted by molar-refractivity contribution is 0.111. The summed E-state index contributed by atoms with van der Waals surface area (Å²) in [5.74, 6) is 0.993. The number of fused-ring (bicyclic) bond motifs is 1. The Hall–Kier alpha value is -1.39. The van der Waals surface area contributed by atoms with Crippen LogP contribution < -0.4 is 0 Å². The first-order chi connectivity index (χ1) is 9.24. The SMILES string of the molecule is OCC1CCCN(Cc2cc3cc(F)ccc3o2)C1. The van der Waals surface area contributed by atoms with Crippen molar-refractivity contribution in [3.05, 3.63) is 35.8 Å². The fourth-order valence-corrected chi connectivity index (χ4v) is 2.81. The third-order valence-corrected chi connectivity index (χ3v) is 3.77. The first-order valence-electron chi connectivity index (χ1n) is 6.76. The topological polar surface area (TPSA) is 36.6 Å². The molecular weight excluding hydrogens is 245 g/mol. The molecule has 0 saturated carbocycles. The van der Waals surface area contributed by atoms with E-state index < -0.39 is 0 Å². The molecule has 2 heterocycles. The van der Waals surface area contributed by atoms with Crippen molar-refractivity contribution in [3.63, 3.8) is 0 Å². The summed E-state index contributed by atoms with van der Waals surface area (Å²) in [5, 5.41) is 10.0. The molecule has 1 N–H and O–H groups in total. The maximum atomic E-state index is 13.1. The van der Waals surface area contributed by atoms with Crippen LogP contribution in [-0.2, 0) is 6.54 Å². The molecule has 1 fully saturated rings. The van der Waals surface area contributed by atoms with Crippen molar-refractivity contribution in [1.82, 2.24) is 4.90 Å². The number of aliphatic hydroxyl groups excluding tert-OH is 1. The monoisotopic (exact) mass is 263 g/mol. The normalized spacial score (nSPS) is 21.1. The molecule has 102 valence electrons. The highest BCUT2D eigenvalue weighted by Gasteiger charge is 2.20. The van der Waals surface area contributed by atoms with E-state index in [0.717, 1.165) is 49.2 Å². The van der Waals surface area contributed by atoms with E-state index in [4.69, 9.17) is 4.42 Å². The Bertz CT molecular complexity index is 566. The molecule has 0 bridgehead atoms. The number of hydrogen-bond acceptors (Lipinski definition) is 3. The van der Waals surface area contributed by atoms with Crippen LogP contribution in [0.3, 0.4) is 0 Å². The first kappa shape index (κ1) is 12.6. The fraction of sp³-hybridized carbons (Fsp3) is 0.467. The first-order valence-corrected chi connectivity index (χ1v) is 6.76. The molecule has 1 unspecified atom stereocenters. The van der Waals surface area contributed by atoms with E-state index in [2.05, 4.69) is 4.90 Å². The van der Waals surface area contributed by atoms with E-state index in [-0.39, 0.29) is 12.4 Å². The number of furan rings is 1. The van der Waals surface area contributed by atoms with Crippen LogP contribution in [0, 0.1) is 11.7 Å². The summed E-state index contributed by atoms with van der Waals surface area (Å²) >= 11 is 0. The highest BCUT2D eigenvalue weighted by atomic mass is 19.1. The zero-order valence-corrected chi connectivity index (χ0v) is 10.8. The van der Waals surface area contributed by atoms with E-state index in [1.165, 1.54) is 12.1 Å². The lowest BCUT2D eigenvalue weighted by Gasteiger charge is -2.30. The van der Waals surface area contributed by atoms with E-state index in [1.54, 1.807) is 6.07 Å². The standard InChI is InChI=1S/C15H18FNO2/c16-13-3-4-15-12(6-13)7-14(19-15)9-17-5-1-2-11(8-17)10-18/h3-4,6-7,11,18H,1-2,5,8-10H2. The molecular formula is C15H18FNO2. The number of halogens is 1. The second-order valence-electron chi connectivity index (χ2n) is 5.32. The fourth-order valence-electron chi connectivity index (χ4n) is 2.81. The predicted octanol–water partition coefficient (Wildman–Crippen LogP) is 2.78. The Kier molecular flexibility index (Phi) is 3.53. The lowest BCUT2D eigenvalue weighted by atomic mass is 9.99. The Morgan fingerprint density at radius 1 is 1.37 bits per heavy atom. The summed E-state index contributed by atoms with van der Waals surface area (Å²) < 4.78 is 18.8. The van der Waals surface area contributed by atoms with Gasteiger partial charge in [-0.05, 0) is 49.6 Å². The second kappa shape index (κ2) is 5.31. The van der Waals surface area contributed by atoms with Crippen LogP contribution in [0.1, 0.15) is 18.6 Å². The highest BCUT2D eigenvalue weighted by Crippen LogP contribution is 2.23. The van der Waals surface area contributed by atoms with Crippen molar-refractivity contribution >= 4 is 11.0 Å². The molecule has 4 heteroatoms. The summed E-state index contributed by atoms with van der Waals surface area (Å²) in [6, 6.07) is 6.48. The third kappa shape index (κ3) is 2.80. The molecule has 0 amide bonds. The molecule has 1 aliphatic rings. The molecule has 0 spiro atoms. The largest absolute Gasteiger partial charge is 0.460 e. The summed E-state index contributed by atoms with van der Waals surface area (Å²) in [7, 11) is 0. The predicted molar refractivity (Wildman–Crippen MR) is 71.3 cm³/mol. The minimum absolute atomic E-state index is 0.238. The van der Waals surface area contributed by atoms with Gasteiger partial charge in [0.1, 0.15) is 17.2 Å². The van der Waals surface area contributed by atoms with E-state index in [0.29, 0.717) is 5.92 Å². The lowest BCUT2D eigenvalue weighted by Crippen LogP contribution is -2.36. The van der Waals surface area contributed by atoms with Gasteiger partial charge in [-0.15, -0.1) is 0 Å². The summed E-state index contributed by atoms with van der Waals surface area (Å²) in [6.45, 7) is 2.92. The quantitative estimate of drug-likeness (QED) is 0.925. The average molecular weight is 263 g/mol. The van der Waals surface area contributed by atoms with Gasteiger partial charge in [-0.3, -0.25) is 4.90 Å². The Morgan fingerprint density at radius 2 is 2.26 bits per heavy atom. The molecule has 3 rings (SSSR count). The number of nitrogens with zero attached hydrogens (tertiary/aromatic N) is 1. The Morgan fingerprint density at radius 3 is 3.11 bits per heavy atom. The van der Waals surface area contributed by atoms with Gasteiger partial charge in [0.15, 0.2) is 0 Å². The molecule has 1 aliphatic heterocycles. The van der Waals surface area contributed by atoms with Gasteiger partial charge in [-0.2, -0.15) is 0 Å². The van der Waals surface area contributed by atoms with E-state index in [9.17, 15) is 9.50 Å². The zero-order chi connectivity index (χ0) is 13.2. The third-order valence-electron chi connectivity index (χ3n) is 3.77.